The molecule has 2 N–H and O–H groups in total. The summed E-state index contributed by atoms with van der Waals surface area (Å²) in [5, 5.41) is 8.09. The van der Waals surface area contributed by atoms with Crippen LogP contribution >= 0.6 is 38.6 Å². The number of thiazole rings is 1. The van der Waals surface area contributed by atoms with Gasteiger partial charge >= 0.3 is 0 Å². The van der Waals surface area contributed by atoms with E-state index in [-0.39, 0.29) is 18.2 Å². The fourth-order valence-electron chi connectivity index (χ4n) is 2.32. The number of halogens is 1. The quantitative estimate of drug-likeness (QED) is 0.829. The number of thiophene rings is 1. The molecule has 8 heteroatoms. The molecular formula is C14H14BrN3O2S2. The maximum atomic E-state index is 12.5. The van der Waals surface area contributed by atoms with E-state index in [0.29, 0.717) is 18.1 Å². The first kappa shape index (κ1) is 15.6. The summed E-state index contributed by atoms with van der Waals surface area (Å²) in [4.78, 5) is 29.5. The van der Waals surface area contributed by atoms with Gasteiger partial charge in [-0.05, 0) is 34.5 Å². The number of anilines is 1. The van der Waals surface area contributed by atoms with Gasteiger partial charge in [0.2, 0.25) is 11.8 Å². The number of nitrogens with zero attached hydrogens (tertiary/aromatic N) is 1. The van der Waals surface area contributed by atoms with Gasteiger partial charge in [0.25, 0.3) is 0 Å². The van der Waals surface area contributed by atoms with Gasteiger partial charge in [0, 0.05) is 18.3 Å². The Morgan fingerprint density at radius 2 is 2.32 bits per heavy atom. The maximum absolute atomic E-state index is 12.5. The minimum absolute atomic E-state index is 0.0767. The van der Waals surface area contributed by atoms with E-state index >= 15 is 0 Å². The molecule has 1 aliphatic heterocycles. The molecule has 1 saturated heterocycles. The van der Waals surface area contributed by atoms with Crippen molar-refractivity contribution >= 4 is 55.5 Å². The van der Waals surface area contributed by atoms with Crippen molar-refractivity contribution < 1.29 is 9.59 Å². The molecule has 1 fully saturated rings. The fraction of sp³-hybridized carbons (Fsp3) is 0.357. The normalized spacial score (nSPS) is 21.5. The van der Waals surface area contributed by atoms with E-state index in [1.54, 1.807) is 11.3 Å². The van der Waals surface area contributed by atoms with Crippen molar-refractivity contribution in [1.82, 2.24) is 10.3 Å². The van der Waals surface area contributed by atoms with Crippen LogP contribution in [0.3, 0.4) is 0 Å². The van der Waals surface area contributed by atoms with Crippen LogP contribution in [0.5, 0.6) is 0 Å². The number of nitrogens with one attached hydrogen (secondary N) is 2. The van der Waals surface area contributed by atoms with E-state index in [1.165, 1.54) is 11.3 Å². The molecule has 116 valence electrons. The Hall–Kier alpha value is -1.25. The minimum atomic E-state index is -0.667. The van der Waals surface area contributed by atoms with Gasteiger partial charge in [0.1, 0.15) is 0 Å². The average molecular weight is 400 g/mol. The molecule has 5 nitrogen and oxygen atoms in total. The molecule has 0 aromatic carbocycles. The van der Waals surface area contributed by atoms with Crippen LogP contribution in [0, 0.1) is 5.41 Å². The molecule has 2 aromatic heterocycles. The first-order valence-corrected chi connectivity index (χ1v) is 9.25. The van der Waals surface area contributed by atoms with Crippen LogP contribution in [-0.2, 0) is 9.59 Å². The number of hydrogen-bond donors (Lipinski definition) is 2. The van der Waals surface area contributed by atoms with Crippen LogP contribution in [0.4, 0.5) is 5.13 Å². The summed E-state index contributed by atoms with van der Waals surface area (Å²) in [5.41, 5.74) is 0.183. The summed E-state index contributed by atoms with van der Waals surface area (Å²) in [6, 6.07) is 3.96. The van der Waals surface area contributed by atoms with Crippen molar-refractivity contribution in [3.05, 3.63) is 21.3 Å². The molecule has 2 aromatic rings. The molecule has 0 bridgehead atoms. The standard InChI is InChI=1S/C14H14BrN3O2S2/c1-14(4-5-16-11(19)6-14)12(20)18-13-17-8(7-21-13)9-2-3-10(15)22-9/h2-3,7H,4-6H2,1H3,(H,16,19)(H,17,18,20). The predicted molar refractivity (Wildman–Crippen MR) is 92.1 cm³/mol. The lowest BCUT2D eigenvalue weighted by molar-refractivity contribution is -0.134. The van der Waals surface area contributed by atoms with Crippen LogP contribution in [0.1, 0.15) is 19.8 Å². The first-order valence-electron chi connectivity index (χ1n) is 6.76. The molecule has 0 aliphatic carbocycles. The lowest BCUT2D eigenvalue weighted by Crippen LogP contribution is -2.45. The Labute approximate surface area is 144 Å². The molecular weight excluding hydrogens is 386 g/mol. The summed E-state index contributed by atoms with van der Waals surface area (Å²) >= 11 is 6.42. The molecule has 0 spiro atoms. The second-order valence-electron chi connectivity index (χ2n) is 5.43. The highest BCUT2D eigenvalue weighted by Gasteiger charge is 2.38. The van der Waals surface area contributed by atoms with Gasteiger partial charge in [-0.1, -0.05) is 6.92 Å². The summed E-state index contributed by atoms with van der Waals surface area (Å²) in [6.45, 7) is 2.36. The monoisotopic (exact) mass is 399 g/mol. The average Bonchev–Trinajstić information content (AvgIpc) is 3.07. The molecule has 1 atom stereocenters. The zero-order chi connectivity index (χ0) is 15.7. The smallest absolute Gasteiger partial charge is 0.232 e. The Morgan fingerprint density at radius 1 is 1.50 bits per heavy atom. The fourth-order valence-corrected chi connectivity index (χ4v) is 4.45. The van der Waals surface area contributed by atoms with Crippen molar-refractivity contribution in [1.29, 1.82) is 0 Å². The van der Waals surface area contributed by atoms with E-state index in [9.17, 15) is 9.59 Å². The molecule has 22 heavy (non-hydrogen) atoms. The second-order valence-corrected chi connectivity index (χ2v) is 8.75. The van der Waals surface area contributed by atoms with Crippen molar-refractivity contribution in [3.63, 3.8) is 0 Å². The van der Waals surface area contributed by atoms with Crippen LogP contribution < -0.4 is 10.6 Å². The lowest BCUT2D eigenvalue weighted by atomic mass is 9.80. The molecule has 1 unspecified atom stereocenters. The van der Waals surface area contributed by atoms with E-state index < -0.39 is 5.41 Å². The number of amides is 2. The first-order chi connectivity index (χ1) is 10.5. The largest absolute Gasteiger partial charge is 0.356 e. The third kappa shape index (κ3) is 3.23. The number of aromatic nitrogens is 1. The summed E-state index contributed by atoms with van der Waals surface area (Å²) in [6.07, 6.45) is 0.857. The van der Waals surface area contributed by atoms with Crippen LogP contribution in [0.15, 0.2) is 21.3 Å². The zero-order valence-electron chi connectivity index (χ0n) is 11.8. The number of hydrogen-bond acceptors (Lipinski definition) is 5. The van der Waals surface area contributed by atoms with Gasteiger partial charge in [-0.15, -0.1) is 22.7 Å². The lowest BCUT2D eigenvalue weighted by Gasteiger charge is -2.31. The third-order valence-corrected chi connectivity index (χ3v) is 6.05. The molecule has 0 saturated carbocycles. The van der Waals surface area contributed by atoms with Gasteiger partial charge in [-0.25, -0.2) is 4.98 Å². The minimum Gasteiger partial charge on any atom is -0.356 e. The summed E-state index contributed by atoms with van der Waals surface area (Å²) in [7, 11) is 0. The van der Waals surface area contributed by atoms with Crippen LogP contribution in [-0.4, -0.2) is 23.3 Å². The topological polar surface area (TPSA) is 71.1 Å². The van der Waals surface area contributed by atoms with Crippen molar-refractivity contribution in [2.24, 2.45) is 5.41 Å². The van der Waals surface area contributed by atoms with Crippen molar-refractivity contribution in [2.45, 2.75) is 19.8 Å². The van der Waals surface area contributed by atoms with E-state index in [0.717, 1.165) is 14.4 Å². The van der Waals surface area contributed by atoms with Gasteiger partial charge in [-0.2, -0.15) is 0 Å². The number of piperidine rings is 1. The molecule has 0 radical (unpaired) electrons. The molecule has 3 heterocycles. The van der Waals surface area contributed by atoms with Gasteiger partial charge in [-0.3, -0.25) is 9.59 Å². The van der Waals surface area contributed by atoms with Crippen LogP contribution in [0.25, 0.3) is 10.6 Å². The Kier molecular flexibility index (Phi) is 4.33. The van der Waals surface area contributed by atoms with E-state index in [1.807, 2.05) is 24.4 Å². The summed E-state index contributed by atoms with van der Waals surface area (Å²) < 4.78 is 1.04. The van der Waals surface area contributed by atoms with Gasteiger partial charge in [0.15, 0.2) is 5.13 Å². The van der Waals surface area contributed by atoms with Gasteiger partial charge in [0.05, 0.1) is 19.8 Å². The van der Waals surface area contributed by atoms with Gasteiger partial charge < -0.3 is 10.6 Å². The number of rotatable bonds is 3. The highest BCUT2D eigenvalue weighted by molar-refractivity contribution is 9.11. The molecule has 3 rings (SSSR count). The van der Waals surface area contributed by atoms with E-state index in [4.69, 9.17) is 0 Å². The SMILES string of the molecule is CC1(C(=O)Nc2nc(-c3ccc(Br)s3)cs2)CCNC(=O)C1. The Balaban J connectivity index is 1.72. The van der Waals surface area contributed by atoms with E-state index in [2.05, 4.69) is 31.5 Å². The molecule has 1 aliphatic rings. The third-order valence-electron chi connectivity index (χ3n) is 3.65. The highest BCUT2D eigenvalue weighted by atomic mass is 79.9. The zero-order valence-corrected chi connectivity index (χ0v) is 15.0. The number of carbonyl (C=O) groups excluding carboxylic acids is 2. The number of carbonyl (C=O) groups is 2. The molecule has 2 amide bonds. The highest BCUT2D eigenvalue weighted by Crippen LogP contribution is 2.34. The maximum Gasteiger partial charge on any atom is 0.232 e. The van der Waals surface area contributed by atoms with Crippen LogP contribution in [0.2, 0.25) is 0 Å². The van der Waals surface area contributed by atoms with Crippen molar-refractivity contribution in [3.8, 4) is 10.6 Å². The van der Waals surface area contributed by atoms with Crippen molar-refractivity contribution in [2.75, 3.05) is 11.9 Å². The Bertz CT molecular complexity index is 727. The second kappa shape index (κ2) is 6.10. The summed E-state index contributed by atoms with van der Waals surface area (Å²) in [5.74, 6) is -0.220. The Morgan fingerprint density at radius 3 is 3.00 bits per heavy atom. The predicted octanol–water partition coefficient (Wildman–Crippen LogP) is 3.49.